The van der Waals surface area contributed by atoms with Crippen molar-refractivity contribution >= 4 is 43.8 Å². The zero-order valence-corrected chi connectivity index (χ0v) is 14.2. The fourth-order valence-electron chi connectivity index (χ4n) is 3.72. The van der Waals surface area contributed by atoms with Gasteiger partial charge < -0.3 is 9.47 Å². The highest BCUT2D eigenvalue weighted by molar-refractivity contribution is 9.12. The minimum absolute atomic E-state index is 0.0790. The third kappa shape index (κ3) is 1.70. The van der Waals surface area contributed by atoms with Gasteiger partial charge in [0.25, 0.3) is 0 Å². The normalized spacial score (nSPS) is 41.0. The van der Waals surface area contributed by atoms with E-state index in [0.717, 1.165) is 0 Å². The molecule has 0 spiro atoms. The molecule has 0 unspecified atom stereocenters. The monoisotopic (exact) mass is 404 g/mol. The number of allylic oxidation sites excluding steroid dienone is 2. The molecule has 20 heavy (non-hydrogen) atoms. The molecule has 0 N–H and O–H groups in total. The molecule has 1 fully saturated rings. The maximum Gasteiger partial charge on any atom is 0.334 e. The van der Waals surface area contributed by atoms with E-state index in [9.17, 15) is 9.59 Å². The summed E-state index contributed by atoms with van der Waals surface area (Å²) in [6.07, 6.45) is 4.05. The highest BCUT2D eigenvalue weighted by Crippen LogP contribution is 2.61. The maximum absolute atomic E-state index is 12.1. The molecule has 6 heteroatoms. The third-order valence-electron chi connectivity index (χ3n) is 4.61. The lowest BCUT2D eigenvalue weighted by Gasteiger charge is -2.58. The molecular formula is C14H14Br2O4. The quantitative estimate of drug-likeness (QED) is 0.401. The van der Waals surface area contributed by atoms with Crippen LogP contribution < -0.4 is 0 Å². The molecule has 4 aliphatic rings. The zero-order valence-electron chi connectivity index (χ0n) is 11.0. The first-order valence-corrected chi connectivity index (χ1v) is 8.23. The molecule has 4 rings (SSSR count). The van der Waals surface area contributed by atoms with Crippen molar-refractivity contribution in [3.8, 4) is 0 Å². The highest BCUT2D eigenvalue weighted by atomic mass is 79.9. The number of halogens is 2. The lowest BCUT2D eigenvalue weighted by Crippen LogP contribution is -2.60. The van der Waals surface area contributed by atoms with E-state index in [4.69, 9.17) is 9.47 Å². The Morgan fingerprint density at radius 2 is 1.25 bits per heavy atom. The van der Waals surface area contributed by atoms with E-state index in [-0.39, 0.29) is 11.8 Å². The molecule has 0 aromatic heterocycles. The summed E-state index contributed by atoms with van der Waals surface area (Å²) in [5.74, 6) is -0.384. The van der Waals surface area contributed by atoms with Crippen molar-refractivity contribution < 1.29 is 19.1 Å². The Morgan fingerprint density at radius 1 is 0.900 bits per heavy atom. The van der Waals surface area contributed by atoms with Gasteiger partial charge in [-0.15, -0.1) is 0 Å². The Labute approximate surface area is 133 Å². The summed E-state index contributed by atoms with van der Waals surface area (Å²) >= 11 is 7.34. The number of ether oxygens (including phenoxy) is 2. The van der Waals surface area contributed by atoms with E-state index in [1.807, 2.05) is 12.2 Å². The van der Waals surface area contributed by atoms with Gasteiger partial charge in [0.15, 0.2) is 0 Å². The third-order valence-corrected chi connectivity index (χ3v) is 7.68. The standard InChI is InChI=1S/C14H14Br2O4/c1-19-13(17)9-5-3-4-6(10(9)14(18)20-2)8-7(5)11(15)12(8)16/h3-8,11-12H,1-2H3/t5-,6-,7-,8-,11-,12+/m1/s1. The van der Waals surface area contributed by atoms with Gasteiger partial charge in [0.2, 0.25) is 0 Å². The molecule has 0 aliphatic heterocycles. The molecule has 6 atom stereocenters. The van der Waals surface area contributed by atoms with Gasteiger partial charge in [0.05, 0.1) is 25.4 Å². The number of carbonyl (C=O) groups is 2. The molecule has 0 amide bonds. The van der Waals surface area contributed by atoms with E-state index < -0.39 is 11.9 Å². The maximum atomic E-state index is 12.1. The van der Waals surface area contributed by atoms with E-state index in [0.29, 0.717) is 32.6 Å². The van der Waals surface area contributed by atoms with Gasteiger partial charge in [-0.2, -0.15) is 0 Å². The summed E-state index contributed by atoms with van der Waals surface area (Å²) in [5, 5.41) is 0. The molecule has 108 valence electrons. The number of alkyl halides is 2. The fourth-order valence-corrected chi connectivity index (χ4v) is 5.79. The summed E-state index contributed by atoms with van der Waals surface area (Å²) in [4.78, 5) is 24.8. The van der Waals surface area contributed by atoms with Crippen LogP contribution in [0.25, 0.3) is 0 Å². The SMILES string of the molecule is COC(=O)C1=C(C(=O)OC)[C@@H]2C=C[C@@H]1[C@H]1[C@H](Br)[C@H](Br)[C@@H]12. The van der Waals surface area contributed by atoms with Crippen LogP contribution in [-0.2, 0) is 19.1 Å². The van der Waals surface area contributed by atoms with Crippen molar-refractivity contribution in [3.05, 3.63) is 23.3 Å². The Hall–Kier alpha value is -0.620. The predicted molar refractivity (Wildman–Crippen MR) is 79.6 cm³/mol. The average molecular weight is 406 g/mol. The number of hydrogen-bond acceptors (Lipinski definition) is 4. The topological polar surface area (TPSA) is 52.6 Å². The molecule has 0 aromatic rings. The van der Waals surface area contributed by atoms with Crippen LogP contribution in [0.4, 0.5) is 0 Å². The minimum atomic E-state index is -0.430. The van der Waals surface area contributed by atoms with Crippen LogP contribution in [0.15, 0.2) is 23.3 Å². The summed E-state index contributed by atoms with van der Waals surface area (Å²) < 4.78 is 9.74. The van der Waals surface area contributed by atoms with Crippen molar-refractivity contribution in [2.75, 3.05) is 14.2 Å². The number of hydrogen-bond donors (Lipinski definition) is 0. The number of esters is 2. The summed E-state index contributed by atoms with van der Waals surface area (Å²) in [6.45, 7) is 0. The summed E-state index contributed by atoms with van der Waals surface area (Å²) in [7, 11) is 2.68. The van der Waals surface area contributed by atoms with Crippen molar-refractivity contribution in [3.63, 3.8) is 0 Å². The van der Waals surface area contributed by atoms with Crippen LogP contribution >= 0.6 is 31.9 Å². The predicted octanol–water partition coefficient (Wildman–Crippen LogP) is 2.22. The van der Waals surface area contributed by atoms with Crippen LogP contribution in [0.2, 0.25) is 0 Å². The first-order valence-electron chi connectivity index (χ1n) is 6.40. The van der Waals surface area contributed by atoms with Crippen molar-refractivity contribution in [1.82, 2.24) is 0 Å². The van der Waals surface area contributed by atoms with E-state index >= 15 is 0 Å². The molecule has 0 saturated heterocycles. The summed E-state index contributed by atoms with van der Waals surface area (Å²) in [5.41, 5.74) is 0.939. The molecule has 2 bridgehead atoms. The lowest BCUT2D eigenvalue weighted by atomic mass is 9.51. The Morgan fingerprint density at radius 3 is 1.55 bits per heavy atom. The van der Waals surface area contributed by atoms with Gasteiger partial charge in [-0.1, -0.05) is 44.0 Å². The average Bonchev–Trinajstić information content (AvgIpc) is 2.50. The van der Waals surface area contributed by atoms with E-state index in [1.165, 1.54) is 14.2 Å². The number of rotatable bonds is 2. The molecule has 4 nitrogen and oxygen atoms in total. The van der Waals surface area contributed by atoms with Crippen LogP contribution in [0, 0.1) is 23.7 Å². The van der Waals surface area contributed by atoms with Gasteiger partial charge >= 0.3 is 11.9 Å². The van der Waals surface area contributed by atoms with E-state index in [2.05, 4.69) is 31.9 Å². The van der Waals surface area contributed by atoms with Gasteiger partial charge in [0.1, 0.15) is 0 Å². The Bertz CT molecular complexity index is 493. The Kier molecular flexibility index (Phi) is 3.57. The first kappa shape index (κ1) is 14.3. The smallest absolute Gasteiger partial charge is 0.334 e. The van der Waals surface area contributed by atoms with Crippen molar-refractivity contribution in [1.29, 1.82) is 0 Å². The van der Waals surface area contributed by atoms with Gasteiger partial charge in [-0.25, -0.2) is 9.59 Å². The minimum Gasteiger partial charge on any atom is -0.466 e. The molecule has 1 saturated carbocycles. The number of carbonyl (C=O) groups excluding carboxylic acids is 2. The largest absolute Gasteiger partial charge is 0.466 e. The van der Waals surface area contributed by atoms with Gasteiger partial charge in [0, 0.05) is 21.5 Å². The van der Waals surface area contributed by atoms with E-state index in [1.54, 1.807) is 0 Å². The van der Waals surface area contributed by atoms with Crippen LogP contribution in [0.5, 0.6) is 0 Å². The molecule has 0 aromatic carbocycles. The van der Waals surface area contributed by atoms with Crippen molar-refractivity contribution in [2.24, 2.45) is 23.7 Å². The molecular weight excluding hydrogens is 392 g/mol. The van der Waals surface area contributed by atoms with Crippen molar-refractivity contribution in [2.45, 2.75) is 9.65 Å². The lowest BCUT2D eigenvalue weighted by molar-refractivity contribution is -0.141. The summed E-state index contributed by atoms with van der Waals surface area (Å²) in [6, 6.07) is 0. The second kappa shape index (κ2) is 4.98. The number of methoxy groups -OCH3 is 2. The van der Waals surface area contributed by atoms with Gasteiger partial charge in [-0.05, 0) is 11.8 Å². The second-order valence-corrected chi connectivity index (χ2v) is 7.41. The van der Waals surface area contributed by atoms with Crippen LogP contribution in [0.3, 0.4) is 0 Å². The highest BCUT2D eigenvalue weighted by Gasteiger charge is 2.61. The Balaban J connectivity index is 2.11. The second-order valence-electron chi connectivity index (χ2n) is 5.29. The molecule has 0 radical (unpaired) electrons. The molecule has 4 aliphatic carbocycles. The first-order chi connectivity index (χ1) is 9.52. The fraction of sp³-hybridized carbons (Fsp3) is 0.571. The van der Waals surface area contributed by atoms with Crippen LogP contribution in [-0.4, -0.2) is 35.8 Å². The van der Waals surface area contributed by atoms with Crippen LogP contribution in [0.1, 0.15) is 0 Å². The van der Waals surface area contributed by atoms with Gasteiger partial charge in [-0.3, -0.25) is 0 Å². The molecule has 0 heterocycles. The zero-order chi connectivity index (χ0) is 14.6.